The molecule has 1 heterocycles. The van der Waals surface area contributed by atoms with Crippen molar-refractivity contribution in [2.75, 3.05) is 0 Å². The number of ketones is 1. The fourth-order valence-electron chi connectivity index (χ4n) is 5.35. The number of piperidine rings is 1. The van der Waals surface area contributed by atoms with Gasteiger partial charge >= 0.3 is 5.97 Å². The van der Waals surface area contributed by atoms with E-state index in [1.54, 1.807) is 30.0 Å². The molecule has 1 saturated heterocycles. The van der Waals surface area contributed by atoms with E-state index in [1.807, 2.05) is 30.3 Å². The topological polar surface area (TPSA) is 74.7 Å². The summed E-state index contributed by atoms with van der Waals surface area (Å²) < 4.78 is 0. The quantitative estimate of drug-likeness (QED) is 0.527. The van der Waals surface area contributed by atoms with Crippen LogP contribution in [0.5, 0.6) is 0 Å². The Balaban J connectivity index is 1.93. The molecule has 0 radical (unpaired) electrons. The van der Waals surface area contributed by atoms with Crippen molar-refractivity contribution in [3.05, 3.63) is 69.7 Å². The van der Waals surface area contributed by atoms with Crippen LogP contribution in [-0.4, -0.2) is 33.7 Å². The van der Waals surface area contributed by atoms with E-state index in [1.165, 1.54) is 6.92 Å². The Bertz CT molecular complexity index is 1080. The Morgan fingerprint density at radius 3 is 2.30 bits per heavy atom. The SMILES string of the molecule is CC(=O)[C@H](C1CC1)N1C(=O)C(C)(CC(=O)O)CC(c2cccc(Cl)c2)[C@H]1c1ccc(Cl)cc1. The van der Waals surface area contributed by atoms with E-state index >= 15 is 0 Å². The van der Waals surface area contributed by atoms with Crippen molar-refractivity contribution in [3.63, 3.8) is 0 Å². The lowest BCUT2D eigenvalue weighted by atomic mass is 9.66. The maximum Gasteiger partial charge on any atom is 0.304 e. The van der Waals surface area contributed by atoms with Gasteiger partial charge in [0, 0.05) is 16.0 Å². The van der Waals surface area contributed by atoms with Gasteiger partial charge in [0.2, 0.25) is 5.91 Å². The number of carboxylic acids is 1. The van der Waals surface area contributed by atoms with Crippen LogP contribution >= 0.6 is 23.2 Å². The van der Waals surface area contributed by atoms with Crippen LogP contribution in [0.2, 0.25) is 10.0 Å². The summed E-state index contributed by atoms with van der Waals surface area (Å²) in [4.78, 5) is 40.4. The second kappa shape index (κ2) is 9.11. The molecule has 1 aliphatic carbocycles. The summed E-state index contributed by atoms with van der Waals surface area (Å²) >= 11 is 12.5. The van der Waals surface area contributed by atoms with Gasteiger partial charge in [-0.15, -0.1) is 0 Å². The summed E-state index contributed by atoms with van der Waals surface area (Å²) in [6.45, 7) is 3.23. The molecule has 4 atom stereocenters. The van der Waals surface area contributed by atoms with Gasteiger partial charge in [0.25, 0.3) is 0 Å². The standard InChI is InChI=1S/C26H27Cl2NO4/c1-15(30)23(16-6-7-16)29-24(17-8-10-19(27)11-9-17)21(18-4-3-5-20(28)12-18)13-26(2,25(29)33)14-22(31)32/h3-5,8-12,16,21,23-24H,6-7,13-14H2,1-2H3,(H,31,32)/t21?,23-,24-,26?/m1/s1. The number of carbonyl (C=O) groups excluding carboxylic acids is 2. The predicted octanol–water partition coefficient (Wildman–Crippen LogP) is 5.90. The van der Waals surface area contributed by atoms with Gasteiger partial charge in [-0.2, -0.15) is 0 Å². The number of likely N-dealkylation sites (tertiary alicyclic amines) is 1. The van der Waals surface area contributed by atoms with Crippen LogP contribution in [0.1, 0.15) is 62.6 Å². The number of rotatable bonds is 7. The first-order chi connectivity index (χ1) is 15.6. The van der Waals surface area contributed by atoms with Gasteiger partial charge in [0.15, 0.2) is 5.78 Å². The highest BCUT2D eigenvalue weighted by Gasteiger charge is 2.55. The highest BCUT2D eigenvalue weighted by Crippen LogP contribution is 2.54. The predicted molar refractivity (Wildman–Crippen MR) is 127 cm³/mol. The minimum atomic E-state index is -1.15. The van der Waals surface area contributed by atoms with Crippen molar-refractivity contribution in [1.29, 1.82) is 0 Å². The third-order valence-electron chi connectivity index (χ3n) is 6.92. The van der Waals surface area contributed by atoms with Crippen molar-refractivity contribution in [3.8, 4) is 0 Å². The average Bonchev–Trinajstić information content (AvgIpc) is 3.56. The number of carbonyl (C=O) groups is 3. The van der Waals surface area contributed by atoms with E-state index in [0.717, 1.165) is 24.0 Å². The third kappa shape index (κ3) is 4.80. The van der Waals surface area contributed by atoms with Crippen LogP contribution in [0.4, 0.5) is 0 Å². The first-order valence-electron chi connectivity index (χ1n) is 11.2. The number of carboxylic acid groups (broad SMARTS) is 1. The number of halogens is 2. The number of benzene rings is 2. The van der Waals surface area contributed by atoms with Gasteiger partial charge in [-0.05, 0) is 67.5 Å². The summed E-state index contributed by atoms with van der Waals surface area (Å²) in [5.74, 6) is -1.54. The van der Waals surface area contributed by atoms with Gasteiger partial charge < -0.3 is 10.0 Å². The van der Waals surface area contributed by atoms with Gasteiger partial charge in [-0.25, -0.2) is 0 Å². The van der Waals surface area contributed by atoms with Crippen LogP contribution in [0.25, 0.3) is 0 Å². The van der Waals surface area contributed by atoms with Crippen molar-refractivity contribution in [2.45, 2.75) is 57.5 Å². The molecule has 5 nitrogen and oxygen atoms in total. The lowest BCUT2D eigenvalue weighted by Gasteiger charge is -2.51. The molecule has 7 heteroatoms. The van der Waals surface area contributed by atoms with Crippen molar-refractivity contribution >= 4 is 40.9 Å². The normalized spacial score (nSPS) is 26.2. The van der Waals surface area contributed by atoms with Gasteiger partial charge in [-0.3, -0.25) is 14.4 Å². The smallest absolute Gasteiger partial charge is 0.304 e. The van der Waals surface area contributed by atoms with Crippen molar-refractivity contribution < 1.29 is 19.5 Å². The molecule has 2 unspecified atom stereocenters. The van der Waals surface area contributed by atoms with E-state index in [4.69, 9.17) is 23.2 Å². The Morgan fingerprint density at radius 1 is 1.09 bits per heavy atom. The number of hydrogen-bond donors (Lipinski definition) is 1. The second-order valence-corrected chi connectivity index (χ2v) is 10.5. The lowest BCUT2D eigenvalue weighted by Crippen LogP contribution is -2.58. The zero-order valence-corrected chi connectivity index (χ0v) is 20.1. The van der Waals surface area contributed by atoms with Crippen LogP contribution in [0, 0.1) is 11.3 Å². The second-order valence-electron chi connectivity index (χ2n) is 9.60. The summed E-state index contributed by atoms with van der Waals surface area (Å²) in [6.07, 6.45) is 1.78. The van der Waals surface area contributed by atoms with Crippen LogP contribution in [0.15, 0.2) is 48.5 Å². The number of Topliss-reactive ketones (excluding diaryl/α,β-unsaturated/α-hetero) is 1. The Morgan fingerprint density at radius 2 is 1.76 bits per heavy atom. The molecule has 2 fully saturated rings. The van der Waals surface area contributed by atoms with Gasteiger partial charge in [0.1, 0.15) is 0 Å². The lowest BCUT2D eigenvalue weighted by molar-refractivity contribution is -0.163. The molecule has 0 bridgehead atoms. The largest absolute Gasteiger partial charge is 0.481 e. The molecule has 4 rings (SSSR count). The zero-order valence-electron chi connectivity index (χ0n) is 18.6. The molecule has 33 heavy (non-hydrogen) atoms. The zero-order chi connectivity index (χ0) is 23.9. The van der Waals surface area contributed by atoms with Crippen LogP contribution in [-0.2, 0) is 14.4 Å². The molecular weight excluding hydrogens is 461 g/mol. The first kappa shape index (κ1) is 23.8. The maximum atomic E-state index is 14.0. The molecule has 1 aliphatic heterocycles. The Kier molecular flexibility index (Phi) is 6.56. The molecule has 1 saturated carbocycles. The molecular formula is C26H27Cl2NO4. The van der Waals surface area contributed by atoms with E-state index < -0.39 is 23.5 Å². The molecule has 174 valence electrons. The van der Waals surface area contributed by atoms with Gasteiger partial charge in [0.05, 0.1) is 23.9 Å². The van der Waals surface area contributed by atoms with E-state index in [0.29, 0.717) is 16.5 Å². The summed E-state index contributed by atoms with van der Waals surface area (Å²) in [6, 6.07) is 13.8. The Hall–Kier alpha value is -2.37. The maximum absolute atomic E-state index is 14.0. The molecule has 2 aliphatic rings. The van der Waals surface area contributed by atoms with Gasteiger partial charge in [-0.1, -0.05) is 54.4 Å². The highest BCUT2D eigenvalue weighted by atomic mass is 35.5. The average molecular weight is 488 g/mol. The van der Waals surface area contributed by atoms with Crippen LogP contribution < -0.4 is 0 Å². The fraction of sp³-hybridized carbons (Fsp3) is 0.423. The first-order valence-corrected chi connectivity index (χ1v) is 11.9. The summed E-state index contributed by atoms with van der Waals surface area (Å²) in [5.41, 5.74) is 0.626. The van der Waals surface area contributed by atoms with E-state index in [-0.39, 0.29) is 29.9 Å². The molecule has 0 spiro atoms. The van der Waals surface area contributed by atoms with Crippen molar-refractivity contribution in [1.82, 2.24) is 4.90 Å². The summed E-state index contributed by atoms with van der Waals surface area (Å²) in [5, 5.41) is 10.8. The molecule has 0 aromatic heterocycles. The number of amides is 1. The number of nitrogens with zero attached hydrogens (tertiary/aromatic N) is 1. The molecule has 1 N–H and O–H groups in total. The number of hydrogen-bond acceptors (Lipinski definition) is 3. The number of aliphatic carboxylic acids is 1. The van der Waals surface area contributed by atoms with Crippen molar-refractivity contribution in [2.24, 2.45) is 11.3 Å². The monoisotopic (exact) mass is 487 g/mol. The molecule has 1 amide bonds. The Labute approximate surface area is 203 Å². The minimum Gasteiger partial charge on any atom is -0.481 e. The minimum absolute atomic E-state index is 0.0748. The third-order valence-corrected chi connectivity index (χ3v) is 7.40. The fourth-order valence-corrected chi connectivity index (χ4v) is 5.68. The molecule has 2 aromatic rings. The summed E-state index contributed by atoms with van der Waals surface area (Å²) in [7, 11) is 0. The van der Waals surface area contributed by atoms with E-state index in [2.05, 4.69) is 0 Å². The van der Waals surface area contributed by atoms with Crippen LogP contribution in [0.3, 0.4) is 0 Å². The van der Waals surface area contributed by atoms with E-state index in [9.17, 15) is 19.5 Å². The molecule has 2 aromatic carbocycles. The highest BCUT2D eigenvalue weighted by molar-refractivity contribution is 6.30.